The molecule has 1 amide bonds. The molecule has 0 fully saturated rings. The van der Waals surface area contributed by atoms with Gasteiger partial charge in [-0.3, -0.25) is 4.79 Å². The summed E-state index contributed by atoms with van der Waals surface area (Å²) in [6, 6.07) is 15.4. The fraction of sp³-hybridized carbons (Fsp3) is 0.379. The largest absolute Gasteiger partial charge is 0.396 e. The van der Waals surface area contributed by atoms with Gasteiger partial charge in [0.05, 0.1) is 23.1 Å². The molecule has 9 heteroatoms. The lowest BCUT2D eigenvalue weighted by Crippen LogP contribution is -2.36. The highest BCUT2D eigenvalue weighted by Gasteiger charge is 2.40. The molecule has 1 aliphatic heterocycles. The molecular weight excluding hydrogens is 505 g/mol. The van der Waals surface area contributed by atoms with E-state index in [4.69, 9.17) is 9.72 Å². The number of ether oxygens (including phenoxy) is 1. The average Bonchev–Trinajstić information content (AvgIpc) is 3.25. The molecular formula is C29H34FN3O4S. The van der Waals surface area contributed by atoms with Gasteiger partial charge in [-0.2, -0.15) is 0 Å². The summed E-state index contributed by atoms with van der Waals surface area (Å²) >= 11 is 0. The number of methoxy groups -OCH3 is 1. The van der Waals surface area contributed by atoms with E-state index in [2.05, 4.69) is 5.32 Å². The van der Waals surface area contributed by atoms with Gasteiger partial charge in [-0.1, -0.05) is 30.3 Å². The van der Waals surface area contributed by atoms with Crippen molar-refractivity contribution in [3.05, 3.63) is 77.2 Å². The zero-order valence-corrected chi connectivity index (χ0v) is 23.0. The summed E-state index contributed by atoms with van der Waals surface area (Å²) in [5.74, 6) is -0.661. The third-order valence-electron chi connectivity index (χ3n) is 6.41. The monoisotopic (exact) mass is 539 g/mol. The van der Waals surface area contributed by atoms with Gasteiger partial charge in [-0.05, 0) is 68.1 Å². The number of nitrogens with zero attached hydrogens (tertiary/aromatic N) is 2. The number of fused-ring (bicyclic) bond motifs is 1. The smallest absolute Gasteiger partial charge is 0.269 e. The average molecular weight is 540 g/mol. The number of aliphatic hydroxyl groups excluding tert-OH is 1. The first-order valence-corrected chi connectivity index (χ1v) is 13.7. The Kier molecular flexibility index (Phi) is 8.72. The molecule has 38 heavy (non-hydrogen) atoms. The SMILES string of the molecule is COCCNC(=O)c1cc2c(c(-c3cccc(-c4cccc(F)c4)c3)n1)[C@@H](CCO)N(S(=O)C(C)(C)C)C2. The number of amides is 1. The number of nitrogens with one attached hydrogen (secondary N) is 1. The van der Waals surface area contributed by atoms with Gasteiger partial charge in [-0.15, -0.1) is 0 Å². The molecule has 7 nitrogen and oxygen atoms in total. The van der Waals surface area contributed by atoms with E-state index < -0.39 is 15.7 Å². The van der Waals surface area contributed by atoms with Crippen molar-refractivity contribution in [2.45, 2.75) is 44.5 Å². The number of aliphatic hydroxyl groups is 1. The van der Waals surface area contributed by atoms with Gasteiger partial charge in [0.25, 0.3) is 5.91 Å². The number of carbonyl (C=O) groups excluding carboxylic acids is 1. The first kappa shape index (κ1) is 28.0. The molecule has 0 spiro atoms. The molecule has 4 rings (SSSR count). The van der Waals surface area contributed by atoms with Crippen molar-refractivity contribution < 1.29 is 23.2 Å². The summed E-state index contributed by atoms with van der Waals surface area (Å²) in [5, 5.41) is 12.8. The number of hydrogen-bond donors (Lipinski definition) is 2. The highest BCUT2D eigenvalue weighted by molar-refractivity contribution is 7.84. The Balaban J connectivity index is 1.86. The van der Waals surface area contributed by atoms with Gasteiger partial charge in [-0.25, -0.2) is 17.9 Å². The standard InChI is InChI=1S/C29H34FN3O4S/c1-29(2,3)38(36)33-18-22-17-24(28(35)31-12-14-37-4)32-27(26(22)25(33)11-13-34)21-9-5-7-19(15-21)20-8-6-10-23(30)16-20/h5-10,15-17,25,34H,11-14,18H2,1-4H3,(H,31,35)/t25-,38?/m1/s1. The van der Waals surface area contributed by atoms with Gasteiger partial charge in [0.15, 0.2) is 0 Å². The normalized spacial score (nSPS) is 16.3. The third-order valence-corrected chi connectivity index (χ3v) is 8.27. The molecule has 1 aromatic heterocycles. The third kappa shape index (κ3) is 6.02. The van der Waals surface area contributed by atoms with Crippen molar-refractivity contribution in [3.63, 3.8) is 0 Å². The predicted octanol–water partition coefficient (Wildman–Crippen LogP) is 4.63. The van der Waals surface area contributed by atoms with Crippen molar-refractivity contribution in [1.29, 1.82) is 0 Å². The van der Waals surface area contributed by atoms with E-state index in [0.717, 1.165) is 27.8 Å². The number of halogens is 1. The van der Waals surface area contributed by atoms with Crippen LogP contribution in [0.3, 0.4) is 0 Å². The summed E-state index contributed by atoms with van der Waals surface area (Å²) in [5.41, 5.74) is 4.81. The number of carbonyl (C=O) groups is 1. The second kappa shape index (κ2) is 11.8. The van der Waals surface area contributed by atoms with Crippen LogP contribution in [-0.2, 0) is 22.3 Å². The minimum atomic E-state index is -1.36. The van der Waals surface area contributed by atoms with Gasteiger partial charge in [0.1, 0.15) is 22.5 Å². The second-order valence-electron chi connectivity index (χ2n) is 10.2. The maximum Gasteiger partial charge on any atom is 0.269 e. The van der Waals surface area contributed by atoms with Gasteiger partial charge in [0, 0.05) is 37.9 Å². The van der Waals surface area contributed by atoms with Crippen molar-refractivity contribution in [3.8, 4) is 22.4 Å². The molecule has 0 bridgehead atoms. The van der Waals surface area contributed by atoms with Crippen LogP contribution in [-0.4, -0.2) is 56.1 Å². The molecule has 0 aliphatic carbocycles. The van der Waals surface area contributed by atoms with Crippen molar-refractivity contribution in [2.24, 2.45) is 0 Å². The van der Waals surface area contributed by atoms with Crippen molar-refractivity contribution in [2.75, 3.05) is 26.9 Å². The highest BCUT2D eigenvalue weighted by atomic mass is 32.2. The maximum atomic E-state index is 14.0. The minimum absolute atomic E-state index is 0.0933. The van der Waals surface area contributed by atoms with E-state index in [0.29, 0.717) is 31.8 Å². The van der Waals surface area contributed by atoms with Gasteiger partial charge < -0.3 is 15.2 Å². The number of pyridine rings is 1. The molecule has 0 saturated carbocycles. The van der Waals surface area contributed by atoms with Crippen LogP contribution in [0.15, 0.2) is 54.6 Å². The summed E-state index contributed by atoms with van der Waals surface area (Å²) < 4.78 is 33.9. The lowest BCUT2D eigenvalue weighted by molar-refractivity contribution is 0.0932. The molecule has 2 aromatic carbocycles. The van der Waals surface area contributed by atoms with E-state index in [-0.39, 0.29) is 30.1 Å². The number of aromatic nitrogens is 1. The van der Waals surface area contributed by atoms with Crippen LogP contribution < -0.4 is 5.32 Å². The highest BCUT2D eigenvalue weighted by Crippen LogP contribution is 2.44. The van der Waals surface area contributed by atoms with Crippen LogP contribution in [0.25, 0.3) is 22.4 Å². The Hall–Kier alpha value is -2.98. The van der Waals surface area contributed by atoms with Crippen LogP contribution in [0.5, 0.6) is 0 Å². The Bertz CT molecular complexity index is 1340. The fourth-order valence-electron chi connectivity index (χ4n) is 4.68. The molecule has 2 N–H and O–H groups in total. The minimum Gasteiger partial charge on any atom is -0.396 e. The number of rotatable bonds is 9. The van der Waals surface area contributed by atoms with Crippen LogP contribution in [0.4, 0.5) is 4.39 Å². The molecule has 1 aliphatic rings. The lowest BCUT2D eigenvalue weighted by atomic mass is 9.94. The first-order chi connectivity index (χ1) is 18.1. The first-order valence-electron chi connectivity index (χ1n) is 12.6. The summed E-state index contributed by atoms with van der Waals surface area (Å²) in [6.45, 7) is 6.72. The zero-order valence-electron chi connectivity index (χ0n) is 22.2. The molecule has 2 atom stereocenters. The molecule has 0 radical (unpaired) electrons. The van der Waals surface area contributed by atoms with E-state index >= 15 is 0 Å². The van der Waals surface area contributed by atoms with Gasteiger partial charge >= 0.3 is 0 Å². The maximum absolute atomic E-state index is 14.0. The Labute approximate surface area is 225 Å². The lowest BCUT2D eigenvalue weighted by Gasteiger charge is -2.30. The van der Waals surface area contributed by atoms with E-state index in [9.17, 15) is 18.5 Å². The van der Waals surface area contributed by atoms with Crippen LogP contribution in [0.1, 0.15) is 54.8 Å². The van der Waals surface area contributed by atoms with Crippen molar-refractivity contribution in [1.82, 2.24) is 14.6 Å². The molecule has 2 heterocycles. The van der Waals surface area contributed by atoms with Crippen LogP contribution >= 0.6 is 0 Å². The molecule has 3 aromatic rings. The Morgan fingerprint density at radius 2 is 1.84 bits per heavy atom. The van der Waals surface area contributed by atoms with Crippen LogP contribution in [0, 0.1) is 5.82 Å². The summed E-state index contributed by atoms with van der Waals surface area (Å²) in [4.78, 5) is 17.8. The summed E-state index contributed by atoms with van der Waals surface area (Å²) in [7, 11) is 0.205. The topological polar surface area (TPSA) is 91.8 Å². The van der Waals surface area contributed by atoms with Gasteiger partial charge in [0.2, 0.25) is 0 Å². The van der Waals surface area contributed by atoms with E-state index in [1.165, 1.54) is 12.1 Å². The molecule has 0 saturated heterocycles. The predicted molar refractivity (Wildman–Crippen MR) is 147 cm³/mol. The Morgan fingerprint density at radius 3 is 2.50 bits per heavy atom. The van der Waals surface area contributed by atoms with E-state index in [1.807, 2.05) is 55.4 Å². The quantitative estimate of drug-likeness (QED) is 0.387. The number of benzene rings is 2. The van der Waals surface area contributed by atoms with E-state index in [1.54, 1.807) is 19.2 Å². The fourth-order valence-corrected chi connectivity index (χ4v) is 6.08. The van der Waals surface area contributed by atoms with Crippen molar-refractivity contribution >= 4 is 16.9 Å². The Morgan fingerprint density at radius 1 is 1.16 bits per heavy atom. The molecule has 1 unspecified atom stereocenters. The zero-order chi connectivity index (χ0) is 27.4. The summed E-state index contributed by atoms with van der Waals surface area (Å²) in [6.07, 6.45) is 0.368. The number of hydrogen-bond acceptors (Lipinski definition) is 5. The second-order valence-corrected chi connectivity index (χ2v) is 12.4. The molecule has 202 valence electrons. The van der Waals surface area contributed by atoms with Crippen LogP contribution in [0.2, 0.25) is 0 Å².